The van der Waals surface area contributed by atoms with Gasteiger partial charge in [-0.2, -0.15) is 0 Å². The Labute approximate surface area is 115 Å². The maximum Gasteiger partial charge on any atom is 0.119 e. The topological polar surface area (TPSA) is 38.7 Å². The van der Waals surface area contributed by atoms with Gasteiger partial charge in [0.1, 0.15) is 12.4 Å². The van der Waals surface area contributed by atoms with Crippen LogP contribution < -0.4 is 4.74 Å². The average Bonchev–Trinajstić information content (AvgIpc) is 2.38. The van der Waals surface area contributed by atoms with Gasteiger partial charge < -0.3 is 14.6 Å². The van der Waals surface area contributed by atoms with Crippen molar-refractivity contribution < 1.29 is 14.6 Å². The number of aliphatic hydroxyl groups excluding tert-OH is 1. The van der Waals surface area contributed by atoms with Crippen LogP contribution in [0.2, 0.25) is 0 Å². The molecule has 0 saturated heterocycles. The third kappa shape index (κ3) is 4.22. The molecule has 1 aromatic rings. The Morgan fingerprint density at radius 2 is 1.84 bits per heavy atom. The molecule has 1 N–H and O–H groups in total. The summed E-state index contributed by atoms with van der Waals surface area (Å²) in [5, 5.41) is 10.1. The van der Waals surface area contributed by atoms with Gasteiger partial charge in [0, 0.05) is 0 Å². The molecule has 19 heavy (non-hydrogen) atoms. The molecule has 0 amide bonds. The summed E-state index contributed by atoms with van der Waals surface area (Å²) < 4.78 is 11.4. The maximum absolute atomic E-state index is 10.1. The third-order valence-electron chi connectivity index (χ3n) is 3.76. The minimum absolute atomic E-state index is 0.0458. The van der Waals surface area contributed by atoms with Crippen LogP contribution in [-0.2, 0) is 4.74 Å². The van der Waals surface area contributed by atoms with Gasteiger partial charge in [-0.3, -0.25) is 0 Å². The molecule has 4 atom stereocenters. The molecule has 1 aromatic carbocycles. The summed E-state index contributed by atoms with van der Waals surface area (Å²) in [5.41, 5.74) is 0. The monoisotopic (exact) mass is 264 g/mol. The van der Waals surface area contributed by atoms with E-state index in [0.29, 0.717) is 25.0 Å². The number of aliphatic hydroxyl groups is 1. The summed E-state index contributed by atoms with van der Waals surface area (Å²) >= 11 is 0. The van der Waals surface area contributed by atoms with Gasteiger partial charge in [0.2, 0.25) is 0 Å². The van der Waals surface area contributed by atoms with Crippen molar-refractivity contribution in [3.8, 4) is 5.75 Å². The van der Waals surface area contributed by atoms with E-state index in [-0.39, 0.29) is 12.2 Å². The molecule has 0 spiro atoms. The lowest BCUT2D eigenvalue weighted by atomic mass is 9.79. The van der Waals surface area contributed by atoms with Gasteiger partial charge in [-0.15, -0.1) is 0 Å². The molecule has 1 fully saturated rings. The van der Waals surface area contributed by atoms with Crippen LogP contribution in [0.5, 0.6) is 5.75 Å². The number of benzene rings is 1. The van der Waals surface area contributed by atoms with Gasteiger partial charge in [-0.1, -0.05) is 32.0 Å². The van der Waals surface area contributed by atoms with Crippen molar-refractivity contribution in [1.82, 2.24) is 0 Å². The van der Waals surface area contributed by atoms with E-state index in [1.165, 1.54) is 0 Å². The predicted molar refractivity (Wildman–Crippen MR) is 75.2 cm³/mol. The average molecular weight is 264 g/mol. The van der Waals surface area contributed by atoms with Crippen LogP contribution in [0.15, 0.2) is 30.3 Å². The molecule has 1 saturated carbocycles. The highest BCUT2D eigenvalue weighted by molar-refractivity contribution is 5.20. The molecular weight excluding hydrogens is 240 g/mol. The molecule has 3 heteroatoms. The molecule has 0 bridgehead atoms. The van der Waals surface area contributed by atoms with Crippen LogP contribution in [0.1, 0.15) is 26.7 Å². The largest absolute Gasteiger partial charge is 0.491 e. The van der Waals surface area contributed by atoms with Crippen LogP contribution in [0, 0.1) is 11.8 Å². The van der Waals surface area contributed by atoms with Gasteiger partial charge >= 0.3 is 0 Å². The summed E-state index contributed by atoms with van der Waals surface area (Å²) in [5.74, 6) is 1.86. The summed E-state index contributed by atoms with van der Waals surface area (Å²) in [7, 11) is 0. The highest BCUT2D eigenvalue weighted by atomic mass is 16.5. The Hall–Kier alpha value is -1.06. The second kappa shape index (κ2) is 6.92. The fourth-order valence-electron chi connectivity index (χ4n) is 2.93. The Balaban J connectivity index is 1.70. The molecule has 0 heterocycles. The zero-order valence-electron chi connectivity index (χ0n) is 11.8. The van der Waals surface area contributed by atoms with Crippen LogP contribution in [0.4, 0.5) is 0 Å². The first-order valence-corrected chi connectivity index (χ1v) is 7.14. The smallest absolute Gasteiger partial charge is 0.119 e. The lowest BCUT2D eigenvalue weighted by Crippen LogP contribution is -2.41. The van der Waals surface area contributed by atoms with Gasteiger partial charge in [0.15, 0.2) is 0 Å². The molecular formula is C16H24O3. The van der Waals surface area contributed by atoms with Crippen molar-refractivity contribution in [3.63, 3.8) is 0 Å². The highest BCUT2D eigenvalue weighted by Gasteiger charge is 2.33. The van der Waals surface area contributed by atoms with E-state index in [2.05, 4.69) is 13.8 Å². The Morgan fingerprint density at radius 3 is 2.53 bits per heavy atom. The fraction of sp³-hybridized carbons (Fsp3) is 0.625. The maximum atomic E-state index is 10.1. The molecule has 106 valence electrons. The Kier molecular flexibility index (Phi) is 5.23. The van der Waals surface area contributed by atoms with Crippen LogP contribution >= 0.6 is 0 Å². The quantitative estimate of drug-likeness (QED) is 0.831. The van der Waals surface area contributed by atoms with Crippen LogP contribution in [0.3, 0.4) is 0 Å². The normalized spacial score (nSPS) is 31.1. The summed E-state index contributed by atoms with van der Waals surface area (Å²) in [6, 6.07) is 9.72. The second-order valence-electron chi connectivity index (χ2n) is 5.62. The molecule has 4 unspecified atom stereocenters. The predicted octanol–water partition coefficient (Wildman–Crippen LogP) is 2.88. The van der Waals surface area contributed by atoms with Gasteiger partial charge in [0.25, 0.3) is 0 Å². The lowest BCUT2D eigenvalue weighted by molar-refractivity contribution is -0.100. The van der Waals surface area contributed by atoms with Crippen molar-refractivity contribution in [2.24, 2.45) is 11.8 Å². The summed E-state index contributed by atoms with van der Waals surface area (Å²) in [6.45, 7) is 5.39. The number of hydrogen-bond donors (Lipinski definition) is 1. The molecule has 3 nitrogen and oxygen atoms in total. The lowest BCUT2D eigenvalue weighted by Gasteiger charge is -2.36. The van der Waals surface area contributed by atoms with E-state index in [1.54, 1.807) is 0 Å². The van der Waals surface area contributed by atoms with Crippen molar-refractivity contribution in [2.75, 3.05) is 13.2 Å². The van der Waals surface area contributed by atoms with E-state index in [1.807, 2.05) is 30.3 Å². The Bertz CT molecular complexity index is 354. The van der Waals surface area contributed by atoms with Gasteiger partial charge in [-0.25, -0.2) is 0 Å². The molecule has 0 aromatic heterocycles. The first-order valence-electron chi connectivity index (χ1n) is 7.14. The SMILES string of the molecule is CC1CC(C)C(OCCOc2ccccc2)C(O)C1. The number of rotatable bonds is 5. The van der Waals surface area contributed by atoms with Crippen LogP contribution in [-0.4, -0.2) is 30.5 Å². The number of ether oxygens (including phenoxy) is 2. The van der Waals surface area contributed by atoms with E-state index in [0.717, 1.165) is 18.6 Å². The number of para-hydroxylation sites is 1. The molecule has 0 aliphatic heterocycles. The first kappa shape index (κ1) is 14.4. The molecule has 1 aliphatic rings. The summed E-state index contributed by atoms with van der Waals surface area (Å²) in [6.07, 6.45) is 1.58. The van der Waals surface area contributed by atoms with Gasteiger partial charge in [0.05, 0.1) is 18.8 Å². The standard InChI is InChI=1S/C16H24O3/c1-12-10-13(2)16(15(17)11-12)19-9-8-18-14-6-4-3-5-7-14/h3-7,12-13,15-17H,8-11H2,1-2H3. The minimum Gasteiger partial charge on any atom is -0.491 e. The van der Waals surface area contributed by atoms with Crippen LogP contribution in [0.25, 0.3) is 0 Å². The second-order valence-corrected chi connectivity index (χ2v) is 5.62. The van der Waals surface area contributed by atoms with Crippen molar-refractivity contribution in [3.05, 3.63) is 30.3 Å². The zero-order chi connectivity index (χ0) is 13.7. The van der Waals surface area contributed by atoms with Crippen molar-refractivity contribution >= 4 is 0 Å². The molecule has 2 rings (SSSR count). The Morgan fingerprint density at radius 1 is 1.11 bits per heavy atom. The van der Waals surface area contributed by atoms with E-state index in [4.69, 9.17) is 9.47 Å². The molecule has 1 aliphatic carbocycles. The van der Waals surface area contributed by atoms with E-state index in [9.17, 15) is 5.11 Å². The minimum atomic E-state index is -0.338. The van der Waals surface area contributed by atoms with E-state index >= 15 is 0 Å². The van der Waals surface area contributed by atoms with Crippen molar-refractivity contribution in [1.29, 1.82) is 0 Å². The van der Waals surface area contributed by atoms with E-state index < -0.39 is 0 Å². The van der Waals surface area contributed by atoms with Crippen molar-refractivity contribution in [2.45, 2.75) is 38.9 Å². The molecule has 0 radical (unpaired) electrons. The number of hydrogen-bond acceptors (Lipinski definition) is 3. The third-order valence-corrected chi connectivity index (χ3v) is 3.76. The van der Waals surface area contributed by atoms with Gasteiger partial charge in [-0.05, 0) is 36.8 Å². The fourth-order valence-corrected chi connectivity index (χ4v) is 2.93. The first-order chi connectivity index (χ1) is 9.16. The summed E-state index contributed by atoms with van der Waals surface area (Å²) in [4.78, 5) is 0. The zero-order valence-corrected chi connectivity index (χ0v) is 11.8. The highest BCUT2D eigenvalue weighted by Crippen LogP contribution is 2.30.